The van der Waals surface area contributed by atoms with E-state index in [1.165, 1.54) is 0 Å². The van der Waals surface area contributed by atoms with Crippen LogP contribution in [0.15, 0.2) is 0 Å². The number of rotatable bonds is 2. The SMILES string of the molecule is CC#CC(=O)N1CCCC(CC)(C(=O)O)C1. The highest BCUT2D eigenvalue weighted by Gasteiger charge is 2.41. The van der Waals surface area contributed by atoms with Crippen molar-refractivity contribution >= 4 is 11.9 Å². The number of aliphatic carboxylic acids is 1. The van der Waals surface area contributed by atoms with Crippen LogP contribution in [0.4, 0.5) is 0 Å². The summed E-state index contributed by atoms with van der Waals surface area (Å²) in [5.74, 6) is 3.94. The molecule has 4 nitrogen and oxygen atoms in total. The monoisotopic (exact) mass is 223 g/mol. The van der Waals surface area contributed by atoms with Gasteiger partial charge >= 0.3 is 5.97 Å². The Morgan fingerprint density at radius 2 is 2.19 bits per heavy atom. The fourth-order valence-electron chi connectivity index (χ4n) is 2.11. The molecule has 0 aromatic heterocycles. The zero-order chi connectivity index (χ0) is 12.2. The molecule has 4 heteroatoms. The summed E-state index contributed by atoms with van der Waals surface area (Å²) < 4.78 is 0. The second kappa shape index (κ2) is 5.02. The van der Waals surface area contributed by atoms with E-state index < -0.39 is 11.4 Å². The summed E-state index contributed by atoms with van der Waals surface area (Å²) >= 11 is 0. The van der Waals surface area contributed by atoms with Crippen molar-refractivity contribution in [1.82, 2.24) is 4.90 Å². The third-order valence-electron chi connectivity index (χ3n) is 3.23. The Hall–Kier alpha value is -1.50. The van der Waals surface area contributed by atoms with Gasteiger partial charge in [0, 0.05) is 13.1 Å². The molecule has 0 aromatic carbocycles. The van der Waals surface area contributed by atoms with Crippen molar-refractivity contribution in [3.63, 3.8) is 0 Å². The predicted octanol–water partition coefficient (Wildman–Crippen LogP) is 1.11. The number of carbonyl (C=O) groups is 2. The highest BCUT2D eigenvalue weighted by Crippen LogP contribution is 2.33. The van der Waals surface area contributed by atoms with Gasteiger partial charge in [0.15, 0.2) is 0 Å². The lowest BCUT2D eigenvalue weighted by Crippen LogP contribution is -2.49. The fraction of sp³-hybridized carbons (Fsp3) is 0.667. The van der Waals surface area contributed by atoms with E-state index in [0.29, 0.717) is 19.4 Å². The summed E-state index contributed by atoms with van der Waals surface area (Å²) in [6.07, 6.45) is 1.92. The van der Waals surface area contributed by atoms with E-state index in [2.05, 4.69) is 11.8 Å². The Labute approximate surface area is 95.6 Å². The molecule has 1 aliphatic heterocycles. The first-order chi connectivity index (χ1) is 7.55. The van der Waals surface area contributed by atoms with E-state index in [1.807, 2.05) is 6.92 Å². The summed E-state index contributed by atoms with van der Waals surface area (Å²) in [6, 6.07) is 0. The molecule has 1 heterocycles. The van der Waals surface area contributed by atoms with Crippen molar-refractivity contribution in [1.29, 1.82) is 0 Å². The van der Waals surface area contributed by atoms with Crippen molar-refractivity contribution in [2.24, 2.45) is 5.41 Å². The van der Waals surface area contributed by atoms with Crippen LogP contribution in [0, 0.1) is 17.3 Å². The van der Waals surface area contributed by atoms with Crippen LogP contribution in [0.1, 0.15) is 33.1 Å². The Kier molecular flexibility index (Phi) is 3.94. The molecular weight excluding hydrogens is 206 g/mol. The maximum absolute atomic E-state index is 11.6. The first kappa shape index (κ1) is 12.6. The van der Waals surface area contributed by atoms with Gasteiger partial charge in [0.05, 0.1) is 5.41 Å². The third-order valence-corrected chi connectivity index (χ3v) is 3.23. The number of piperidine rings is 1. The first-order valence-electron chi connectivity index (χ1n) is 5.51. The Balaban J connectivity index is 2.82. The molecule has 0 radical (unpaired) electrons. The summed E-state index contributed by atoms with van der Waals surface area (Å²) in [7, 11) is 0. The van der Waals surface area contributed by atoms with E-state index in [0.717, 1.165) is 6.42 Å². The van der Waals surface area contributed by atoms with Crippen molar-refractivity contribution in [3.8, 4) is 11.8 Å². The minimum atomic E-state index is -0.808. The molecule has 1 N–H and O–H groups in total. The first-order valence-corrected chi connectivity index (χ1v) is 5.51. The quantitative estimate of drug-likeness (QED) is 0.713. The molecule has 1 amide bonds. The maximum Gasteiger partial charge on any atom is 0.311 e. The molecule has 1 fully saturated rings. The minimum Gasteiger partial charge on any atom is -0.481 e. The topological polar surface area (TPSA) is 57.6 Å². The van der Waals surface area contributed by atoms with Gasteiger partial charge in [-0.2, -0.15) is 0 Å². The second-order valence-electron chi connectivity index (χ2n) is 4.14. The highest BCUT2D eigenvalue weighted by molar-refractivity contribution is 5.94. The minimum absolute atomic E-state index is 0.263. The van der Waals surface area contributed by atoms with E-state index in [1.54, 1.807) is 11.8 Å². The normalized spacial score (nSPS) is 24.5. The summed E-state index contributed by atoms with van der Waals surface area (Å²) in [5.41, 5.74) is -0.774. The van der Waals surface area contributed by atoms with Gasteiger partial charge in [-0.15, -0.1) is 0 Å². The second-order valence-corrected chi connectivity index (χ2v) is 4.14. The molecule has 0 aliphatic carbocycles. The van der Waals surface area contributed by atoms with Crippen LogP contribution in [0.5, 0.6) is 0 Å². The number of amides is 1. The molecule has 1 atom stereocenters. The van der Waals surface area contributed by atoms with Gasteiger partial charge in [0.25, 0.3) is 5.91 Å². The molecule has 88 valence electrons. The summed E-state index contributed by atoms with van der Waals surface area (Å²) in [5, 5.41) is 9.24. The van der Waals surface area contributed by atoms with Crippen molar-refractivity contribution in [3.05, 3.63) is 0 Å². The molecule has 16 heavy (non-hydrogen) atoms. The van der Waals surface area contributed by atoms with Gasteiger partial charge in [0.1, 0.15) is 0 Å². The predicted molar refractivity (Wildman–Crippen MR) is 59.6 cm³/mol. The lowest BCUT2D eigenvalue weighted by Gasteiger charge is -2.38. The van der Waals surface area contributed by atoms with Crippen LogP contribution >= 0.6 is 0 Å². The van der Waals surface area contributed by atoms with Crippen molar-refractivity contribution in [2.75, 3.05) is 13.1 Å². The van der Waals surface area contributed by atoms with Gasteiger partial charge in [0.2, 0.25) is 0 Å². The standard InChI is InChI=1S/C12H17NO3/c1-3-6-10(14)13-8-5-7-12(4-2,9-13)11(15)16/h4-5,7-9H2,1-2H3,(H,15,16). The van der Waals surface area contributed by atoms with Crippen LogP contribution in [-0.4, -0.2) is 35.0 Å². The van der Waals surface area contributed by atoms with Crippen molar-refractivity contribution in [2.45, 2.75) is 33.1 Å². The van der Waals surface area contributed by atoms with Crippen LogP contribution in [0.2, 0.25) is 0 Å². The fourth-order valence-corrected chi connectivity index (χ4v) is 2.11. The highest BCUT2D eigenvalue weighted by atomic mass is 16.4. The molecule has 0 spiro atoms. The Morgan fingerprint density at radius 3 is 2.69 bits per heavy atom. The average Bonchev–Trinajstić information content (AvgIpc) is 2.29. The molecular formula is C12H17NO3. The zero-order valence-electron chi connectivity index (χ0n) is 9.75. The number of likely N-dealkylation sites (tertiary alicyclic amines) is 1. The number of carbonyl (C=O) groups excluding carboxylic acids is 1. The number of carboxylic acids is 1. The molecule has 1 aliphatic rings. The van der Waals surface area contributed by atoms with E-state index >= 15 is 0 Å². The van der Waals surface area contributed by atoms with Gasteiger partial charge < -0.3 is 10.0 Å². The lowest BCUT2D eigenvalue weighted by atomic mass is 9.77. The molecule has 0 bridgehead atoms. The lowest BCUT2D eigenvalue weighted by molar-refractivity contribution is -0.154. The van der Waals surface area contributed by atoms with Gasteiger partial charge in [-0.25, -0.2) is 0 Å². The number of hydrogen-bond acceptors (Lipinski definition) is 2. The van der Waals surface area contributed by atoms with E-state index in [-0.39, 0.29) is 12.5 Å². The molecule has 0 aromatic rings. The van der Waals surface area contributed by atoms with Crippen LogP contribution < -0.4 is 0 Å². The molecule has 1 rings (SSSR count). The zero-order valence-corrected chi connectivity index (χ0v) is 9.75. The molecule has 1 saturated heterocycles. The maximum atomic E-state index is 11.6. The third kappa shape index (κ3) is 2.35. The summed E-state index contributed by atoms with van der Waals surface area (Å²) in [4.78, 5) is 24.4. The Bertz CT molecular complexity index is 353. The average molecular weight is 223 g/mol. The Morgan fingerprint density at radius 1 is 1.50 bits per heavy atom. The number of carboxylic acid groups (broad SMARTS) is 1. The van der Waals surface area contributed by atoms with E-state index in [4.69, 9.17) is 0 Å². The van der Waals surface area contributed by atoms with Crippen molar-refractivity contribution < 1.29 is 14.7 Å². The number of hydrogen-bond donors (Lipinski definition) is 1. The van der Waals surface area contributed by atoms with Crippen LogP contribution in [-0.2, 0) is 9.59 Å². The van der Waals surface area contributed by atoms with Gasteiger partial charge in [-0.3, -0.25) is 9.59 Å². The van der Waals surface area contributed by atoms with Crippen LogP contribution in [0.25, 0.3) is 0 Å². The largest absolute Gasteiger partial charge is 0.481 e. The smallest absolute Gasteiger partial charge is 0.311 e. The summed E-state index contributed by atoms with van der Waals surface area (Å²) in [6.45, 7) is 4.36. The number of nitrogens with zero attached hydrogens (tertiary/aromatic N) is 1. The van der Waals surface area contributed by atoms with E-state index in [9.17, 15) is 14.7 Å². The van der Waals surface area contributed by atoms with Gasteiger partial charge in [-0.1, -0.05) is 12.8 Å². The molecule has 1 unspecified atom stereocenters. The molecule has 0 saturated carbocycles. The van der Waals surface area contributed by atoms with Gasteiger partial charge in [-0.05, 0) is 32.1 Å². The van der Waals surface area contributed by atoms with Crippen LogP contribution in [0.3, 0.4) is 0 Å².